The van der Waals surface area contributed by atoms with Crippen molar-refractivity contribution in [1.29, 1.82) is 0 Å². The molecular formula is C25H18F6O4. The zero-order valence-corrected chi connectivity index (χ0v) is 17.9. The number of halogens is 6. The van der Waals surface area contributed by atoms with E-state index in [1.807, 2.05) is 0 Å². The number of carbonyl (C=O) groups excluding carboxylic acids is 1. The maximum absolute atomic E-state index is 14.9. The Labute approximate surface area is 195 Å². The summed E-state index contributed by atoms with van der Waals surface area (Å²) < 4.78 is 89.6. The van der Waals surface area contributed by atoms with E-state index in [0.29, 0.717) is 0 Å². The average Bonchev–Trinajstić information content (AvgIpc) is 2.85. The number of hydrogen-bond acceptors (Lipinski definition) is 4. The molecule has 4 rings (SSSR count). The Bertz CT molecular complexity index is 1300. The molecule has 1 saturated carbocycles. The van der Waals surface area contributed by atoms with Gasteiger partial charge in [-0.25, -0.2) is 13.2 Å². The van der Waals surface area contributed by atoms with Gasteiger partial charge in [-0.1, -0.05) is 12.1 Å². The number of aromatic hydroxyl groups is 2. The Morgan fingerprint density at radius 2 is 1.17 bits per heavy atom. The second kappa shape index (κ2) is 9.52. The molecule has 3 aromatic rings. The second-order valence-electron chi connectivity index (χ2n) is 8.27. The van der Waals surface area contributed by atoms with E-state index in [1.165, 1.54) is 6.07 Å². The Morgan fingerprint density at radius 1 is 0.657 bits per heavy atom. The minimum atomic E-state index is -1.58. The molecule has 10 heteroatoms. The number of rotatable bonds is 4. The molecule has 3 aromatic carbocycles. The first-order chi connectivity index (χ1) is 16.6. The lowest BCUT2D eigenvalue weighted by Crippen LogP contribution is -2.26. The van der Waals surface area contributed by atoms with Gasteiger partial charge in [0.1, 0.15) is 0 Å². The van der Waals surface area contributed by atoms with Crippen LogP contribution < -0.4 is 4.74 Å². The quantitative estimate of drug-likeness (QED) is 0.247. The third kappa shape index (κ3) is 4.52. The number of phenols is 2. The van der Waals surface area contributed by atoms with Crippen molar-refractivity contribution in [3.05, 3.63) is 76.9 Å². The molecule has 0 aliphatic heterocycles. The molecule has 0 aromatic heterocycles. The van der Waals surface area contributed by atoms with Crippen LogP contribution in [-0.4, -0.2) is 16.2 Å². The van der Waals surface area contributed by atoms with Crippen molar-refractivity contribution in [2.75, 3.05) is 0 Å². The topological polar surface area (TPSA) is 66.8 Å². The van der Waals surface area contributed by atoms with Crippen LogP contribution in [0.5, 0.6) is 17.2 Å². The molecular weight excluding hydrogens is 478 g/mol. The summed E-state index contributed by atoms with van der Waals surface area (Å²) in [6.45, 7) is 0. The Kier molecular flexibility index (Phi) is 6.64. The van der Waals surface area contributed by atoms with Crippen molar-refractivity contribution in [3.63, 3.8) is 0 Å². The highest BCUT2D eigenvalue weighted by Gasteiger charge is 2.32. The van der Waals surface area contributed by atoms with E-state index in [2.05, 4.69) is 0 Å². The first-order valence-corrected chi connectivity index (χ1v) is 10.6. The predicted molar refractivity (Wildman–Crippen MR) is 112 cm³/mol. The van der Waals surface area contributed by atoms with Gasteiger partial charge in [-0.2, -0.15) is 13.2 Å². The van der Waals surface area contributed by atoms with Crippen LogP contribution in [-0.2, 0) is 4.79 Å². The molecule has 0 unspecified atom stereocenters. The van der Waals surface area contributed by atoms with Gasteiger partial charge in [0.25, 0.3) is 0 Å². The van der Waals surface area contributed by atoms with Gasteiger partial charge < -0.3 is 14.9 Å². The van der Waals surface area contributed by atoms with Crippen molar-refractivity contribution in [1.82, 2.24) is 0 Å². The molecule has 2 N–H and O–H groups in total. The van der Waals surface area contributed by atoms with Gasteiger partial charge in [-0.3, -0.25) is 4.79 Å². The Balaban J connectivity index is 1.47. The van der Waals surface area contributed by atoms with Gasteiger partial charge in [-0.15, -0.1) is 0 Å². The van der Waals surface area contributed by atoms with Gasteiger partial charge in [0.2, 0.25) is 17.5 Å². The molecule has 184 valence electrons. The van der Waals surface area contributed by atoms with E-state index < -0.39 is 81.1 Å². The Hall–Kier alpha value is -3.69. The fourth-order valence-electron chi connectivity index (χ4n) is 4.27. The van der Waals surface area contributed by atoms with Crippen molar-refractivity contribution >= 4 is 5.97 Å². The van der Waals surface area contributed by atoms with Crippen LogP contribution in [0.25, 0.3) is 11.1 Å². The molecule has 0 bridgehead atoms. The molecule has 0 atom stereocenters. The van der Waals surface area contributed by atoms with E-state index >= 15 is 0 Å². The van der Waals surface area contributed by atoms with Gasteiger partial charge in [-0.05, 0) is 61.4 Å². The fourth-order valence-corrected chi connectivity index (χ4v) is 4.27. The molecule has 1 fully saturated rings. The smallest absolute Gasteiger partial charge is 0.314 e. The van der Waals surface area contributed by atoms with Crippen LogP contribution in [0, 0.1) is 40.8 Å². The second-order valence-corrected chi connectivity index (χ2v) is 8.27. The molecule has 0 heterocycles. The van der Waals surface area contributed by atoms with Crippen molar-refractivity contribution < 1.29 is 46.1 Å². The molecule has 1 aliphatic carbocycles. The highest BCUT2D eigenvalue weighted by atomic mass is 19.2. The summed E-state index contributed by atoms with van der Waals surface area (Å²) in [6.07, 6.45) is 0.910. The van der Waals surface area contributed by atoms with Crippen LogP contribution in [0.2, 0.25) is 0 Å². The zero-order chi connectivity index (χ0) is 25.4. The Morgan fingerprint density at radius 3 is 1.80 bits per heavy atom. The third-order valence-corrected chi connectivity index (χ3v) is 6.20. The van der Waals surface area contributed by atoms with Crippen LogP contribution in [0.1, 0.15) is 37.2 Å². The van der Waals surface area contributed by atoms with Crippen LogP contribution in [0.3, 0.4) is 0 Å². The highest BCUT2D eigenvalue weighted by molar-refractivity contribution is 5.75. The lowest BCUT2D eigenvalue weighted by atomic mass is 9.78. The van der Waals surface area contributed by atoms with E-state index in [0.717, 1.165) is 30.3 Å². The van der Waals surface area contributed by atoms with Crippen LogP contribution >= 0.6 is 0 Å². The molecule has 0 radical (unpaired) electrons. The summed E-state index contributed by atoms with van der Waals surface area (Å²) in [7, 11) is 0. The van der Waals surface area contributed by atoms with Crippen LogP contribution in [0.15, 0.2) is 36.4 Å². The number of phenolic OH excluding ortho intramolecular Hbond substituents is 2. The van der Waals surface area contributed by atoms with E-state index in [-0.39, 0.29) is 31.2 Å². The first kappa shape index (κ1) is 24.4. The van der Waals surface area contributed by atoms with Crippen molar-refractivity contribution in [2.24, 2.45) is 5.92 Å². The summed E-state index contributed by atoms with van der Waals surface area (Å²) in [5.41, 5.74) is -1.06. The van der Waals surface area contributed by atoms with Gasteiger partial charge in [0.05, 0.1) is 5.92 Å². The van der Waals surface area contributed by atoms with Gasteiger partial charge >= 0.3 is 5.97 Å². The van der Waals surface area contributed by atoms with Gasteiger partial charge in [0, 0.05) is 11.1 Å². The number of esters is 1. The summed E-state index contributed by atoms with van der Waals surface area (Å²) in [6, 6.07) is 5.90. The fraction of sp³-hybridized carbons (Fsp3) is 0.240. The highest BCUT2D eigenvalue weighted by Crippen LogP contribution is 2.40. The predicted octanol–water partition coefficient (Wildman–Crippen LogP) is 6.48. The average molecular weight is 496 g/mol. The van der Waals surface area contributed by atoms with Gasteiger partial charge in [0.15, 0.2) is 34.7 Å². The molecule has 0 amide bonds. The number of benzene rings is 3. The molecule has 0 saturated heterocycles. The van der Waals surface area contributed by atoms with E-state index in [1.54, 1.807) is 0 Å². The first-order valence-electron chi connectivity index (χ1n) is 10.6. The third-order valence-electron chi connectivity index (χ3n) is 6.20. The molecule has 1 aliphatic rings. The van der Waals surface area contributed by atoms with Crippen LogP contribution in [0.4, 0.5) is 26.3 Å². The standard InChI is InChI=1S/C25H18F6O4/c26-19-13(5-6-14(20(19)27)15-7-8-16(32)22(29)21(15)28)11-1-3-12(4-2-11)25(34)35-18-10-9-17(33)23(30)24(18)31/h5-12,32-33H,1-4H2. The summed E-state index contributed by atoms with van der Waals surface area (Å²) >= 11 is 0. The monoisotopic (exact) mass is 496 g/mol. The molecule has 35 heavy (non-hydrogen) atoms. The lowest BCUT2D eigenvalue weighted by molar-refractivity contribution is -0.140. The summed E-state index contributed by atoms with van der Waals surface area (Å²) in [5.74, 6) is -13.3. The number of carbonyl (C=O) groups is 1. The summed E-state index contributed by atoms with van der Waals surface area (Å²) in [4.78, 5) is 12.4. The molecule has 0 spiro atoms. The SMILES string of the molecule is O=C(Oc1ccc(O)c(F)c1F)C1CCC(c2ccc(-c3ccc(O)c(F)c3F)c(F)c2F)CC1. The maximum atomic E-state index is 14.9. The zero-order valence-electron chi connectivity index (χ0n) is 17.9. The largest absolute Gasteiger partial charge is 0.505 e. The minimum absolute atomic E-state index is 0.00405. The lowest BCUT2D eigenvalue weighted by Gasteiger charge is -2.28. The number of ether oxygens (including phenoxy) is 1. The normalized spacial score (nSPS) is 17.9. The maximum Gasteiger partial charge on any atom is 0.314 e. The van der Waals surface area contributed by atoms with Crippen molar-refractivity contribution in [2.45, 2.75) is 31.6 Å². The molecule has 4 nitrogen and oxygen atoms in total. The summed E-state index contributed by atoms with van der Waals surface area (Å²) in [5, 5.41) is 18.4. The van der Waals surface area contributed by atoms with Crippen molar-refractivity contribution in [3.8, 4) is 28.4 Å². The number of hydrogen-bond donors (Lipinski definition) is 2. The van der Waals surface area contributed by atoms with E-state index in [9.17, 15) is 36.2 Å². The van der Waals surface area contributed by atoms with E-state index in [4.69, 9.17) is 9.84 Å². The minimum Gasteiger partial charge on any atom is -0.505 e.